The number of aromatic nitrogens is 2. The standard InChI is InChI=1S/C14H12N4/c15-10-12-7-8-16-17-14(12)18-9-3-5-11-4-1-2-6-13(11)18/h1-2,4,6-8H,3,5,9H2. The highest BCUT2D eigenvalue weighted by molar-refractivity contribution is 5.68. The molecule has 88 valence electrons. The molecule has 0 fully saturated rings. The van der Waals surface area contributed by atoms with E-state index in [1.807, 2.05) is 12.1 Å². The van der Waals surface area contributed by atoms with Gasteiger partial charge in [0.05, 0.1) is 11.8 Å². The molecule has 0 bridgehead atoms. The molecule has 3 rings (SSSR count). The van der Waals surface area contributed by atoms with Crippen molar-refractivity contribution in [3.8, 4) is 6.07 Å². The van der Waals surface area contributed by atoms with E-state index in [1.165, 1.54) is 5.56 Å². The second kappa shape index (κ2) is 4.46. The third-order valence-corrected chi connectivity index (χ3v) is 3.19. The van der Waals surface area contributed by atoms with Gasteiger partial charge in [0.1, 0.15) is 6.07 Å². The van der Waals surface area contributed by atoms with Gasteiger partial charge in [0.25, 0.3) is 0 Å². The number of aryl methyl sites for hydroxylation is 1. The van der Waals surface area contributed by atoms with Crippen molar-refractivity contribution in [3.63, 3.8) is 0 Å². The summed E-state index contributed by atoms with van der Waals surface area (Å²) in [7, 11) is 0. The zero-order valence-electron chi connectivity index (χ0n) is 9.87. The third kappa shape index (κ3) is 1.70. The van der Waals surface area contributed by atoms with Gasteiger partial charge in [-0.2, -0.15) is 10.4 Å². The van der Waals surface area contributed by atoms with Crippen LogP contribution in [0.25, 0.3) is 0 Å². The van der Waals surface area contributed by atoms with E-state index in [1.54, 1.807) is 12.3 Å². The lowest BCUT2D eigenvalue weighted by atomic mass is 10.0. The summed E-state index contributed by atoms with van der Waals surface area (Å²) < 4.78 is 0. The topological polar surface area (TPSA) is 52.8 Å². The summed E-state index contributed by atoms with van der Waals surface area (Å²) in [6.07, 6.45) is 3.70. The molecule has 0 atom stereocenters. The van der Waals surface area contributed by atoms with Gasteiger partial charge in [-0.25, -0.2) is 0 Å². The van der Waals surface area contributed by atoms with Gasteiger partial charge in [0, 0.05) is 12.2 Å². The smallest absolute Gasteiger partial charge is 0.173 e. The molecule has 0 spiro atoms. The Hall–Kier alpha value is -2.41. The molecule has 0 saturated heterocycles. The molecule has 0 radical (unpaired) electrons. The fourth-order valence-corrected chi connectivity index (χ4v) is 2.36. The zero-order chi connectivity index (χ0) is 12.4. The number of nitrogens with zero attached hydrogens (tertiary/aromatic N) is 4. The van der Waals surface area contributed by atoms with Gasteiger partial charge in [0.2, 0.25) is 0 Å². The summed E-state index contributed by atoms with van der Waals surface area (Å²) in [6, 6.07) is 12.1. The molecule has 0 amide bonds. The molecule has 0 aliphatic carbocycles. The molecule has 1 aromatic carbocycles. The minimum atomic E-state index is 0.571. The van der Waals surface area contributed by atoms with Crippen LogP contribution in [0.4, 0.5) is 11.5 Å². The number of hydrogen-bond acceptors (Lipinski definition) is 4. The zero-order valence-corrected chi connectivity index (χ0v) is 9.87. The second-order valence-corrected chi connectivity index (χ2v) is 4.26. The summed E-state index contributed by atoms with van der Waals surface area (Å²) in [5.41, 5.74) is 3.01. The SMILES string of the molecule is N#Cc1ccnnc1N1CCCc2ccccc21. The summed E-state index contributed by atoms with van der Waals surface area (Å²) in [5.74, 6) is 0.659. The predicted molar refractivity (Wildman–Crippen MR) is 68.5 cm³/mol. The van der Waals surface area contributed by atoms with Crippen molar-refractivity contribution in [3.05, 3.63) is 47.7 Å². The van der Waals surface area contributed by atoms with Crippen molar-refractivity contribution < 1.29 is 0 Å². The van der Waals surface area contributed by atoms with E-state index in [-0.39, 0.29) is 0 Å². The lowest BCUT2D eigenvalue weighted by Gasteiger charge is -2.30. The molecule has 18 heavy (non-hydrogen) atoms. The van der Waals surface area contributed by atoms with E-state index in [0.717, 1.165) is 25.1 Å². The maximum absolute atomic E-state index is 9.15. The van der Waals surface area contributed by atoms with Gasteiger partial charge >= 0.3 is 0 Å². The Labute approximate surface area is 106 Å². The van der Waals surface area contributed by atoms with Crippen LogP contribution in [0.3, 0.4) is 0 Å². The van der Waals surface area contributed by atoms with Crippen LogP contribution >= 0.6 is 0 Å². The van der Waals surface area contributed by atoms with Crippen molar-refractivity contribution in [2.45, 2.75) is 12.8 Å². The monoisotopic (exact) mass is 236 g/mol. The Morgan fingerprint density at radius 2 is 2.11 bits per heavy atom. The highest BCUT2D eigenvalue weighted by atomic mass is 15.3. The van der Waals surface area contributed by atoms with Crippen molar-refractivity contribution in [1.82, 2.24) is 10.2 Å². The Balaban J connectivity index is 2.12. The number of benzene rings is 1. The average molecular weight is 236 g/mol. The van der Waals surface area contributed by atoms with E-state index in [0.29, 0.717) is 11.4 Å². The fraction of sp³-hybridized carbons (Fsp3) is 0.214. The largest absolute Gasteiger partial charge is 0.324 e. The lowest BCUT2D eigenvalue weighted by molar-refractivity contribution is 0.752. The van der Waals surface area contributed by atoms with Crippen LogP contribution in [0.2, 0.25) is 0 Å². The summed E-state index contributed by atoms with van der Waals surface area (Å²) in [6.45, 7) is 0.879. The molecule has 1 aromatic heterocycles. The molecule has 4 nitrogen and oxygen atoms in total. The van der Waals surface area contributed by atoms with E-state index < -0.39 is 0 Å². The molecular weight excluding hydrogens is 224 g/mol. The van der Waals surface area contributed by atoms with Crippen LogP contribution in [-0.2, 0) is 6.42 Å². The number of hydrogen-bond donors (Lipinski definition) is 0. The summed E-state index contributed by atoms with van der Waals surface area (Å²) in [5, 5.41) is 17.2. The Morgan fingerprint density at radius 1 is 1.22 bits per heavy atom. The van der Waals surface area contributed by atoms with Crippen LogP contribution < -0.4 is 4.90 Å². The molecule has 4 heteroatoms. The minimum Gasteiger partial charge on any atom is -0.324 e. The van der Waals surface area contributed by atoms with Crippen LogP contribution in [0.1, 0.15) is 17.5 Å². The lowest BCUT2D eigenvalue weighted by Crippen LogP contribution is -2.26. The van der Waals surface area contributed by atoms with Gasteiger partial charge in [-0.15, -0.1) is 5.10 Å². The van der Waals surface area contributed by atoms with Gasteiger partial charge in [-0.1, -0.05) is 18.2 Å². The average Bonchev–Trinajstić information content (AvgIpc) is 2.46. The maximum atomic E-state index is 9.15. The molecular formula is C14H12N4. The summed E-state index contributed by atoms with van der Waals surface area (Å²) in [4.78, 5) is 2.09. The molecule has 0 saturated carbocycles. The van der Waals surface area contributed by atoms with Crippen molar-refractivity contribution in [2.24, 2.45) is 0 Å². The van der Waals surface area contributed by atoms with Gasteiger partial charge in [-0.05, 0) is 30.5 Å². The molecule has 0 unspecified atom stereocenters. The molecule has 2 heterocycles. The highest BCUT2D eigenvalue weighted by Crippen LogP contribution is 2.33. The number of para-hydroxylation sites is 1. The number of anilines is 2. The number of rotatable bonds is 1. The van der Waals surface area contributed by atoms with E-state index >= 15 is 0 Å². The Kier molecular flexibility index (Phi) is 2.66. The van der Waals surface area contributed by atoms with Gasteiger partial charge in [-0.3, -0.25) is 0 Å². The Morgan fingerprint density at radius 3 is 3.00 bits per heavy atom. The third-order valence-electron chi connectivity index (χ3n) is 3.19. The predicted octanol–water partition coefficient (Wildman–Crippen LogP) is 2.43. The van der Waals surface area contributed by atoms with Crippen LogP contribution in [0, 0.1) is 11.3 Å². The van der Waals surface area contributed by atoms with Crippen molar-refractivity contribution >= 4 is 11.5 Å². The minimum absolute atomic E-state index is 0.571. The maximum Gasteiger partial charge on any atom is 0.173 e. The number of nitriles is 1. The molecule has 1 aliphatic heterocycles. The van der Waals surface area contributed by atoms with Gasteiger partial charge < -0.3 is 4.90 Å². The van der Waals surface area contributed by atoms with Crippen molar-refractivity contribution in [1.29, 1.82) is 5.26 Å². The Bertz CT molecular complexity index is 615. The van der Waals surface area contributed by atoms with Crippen LogP contribution in [-0.4, -0.2) is 16.7 Å². The van der Waals surface area contributed by atoms with Gasteiger partial charge in [0.15, 0.2) is 5.82 Å². The first-order chi connectivity index (χ1) is 8.90. The van der Waals surface area contributed by atoms with Crippen LogP contribution in [0.5, 0.6) is 0 Å². The molecule has 0 N–H and O–H groups in total. The number of fused-ring (bicyclic) bond motifs is 1. The quantitative estimate of drug-likeness (QED) is 0.763. The highest BCUT2D eigenvalue weighted by Gasteiger charge is 2.21. The van der Waals surface area contributed by atoms with E-state index in [2.05, 4.69) is 33.3 Å². The molecule has 1 aliphatic rings. The molecule has 2 aromatic rings. The first kappa shape index (κ1) is 10.7. The second-order valence-electron chi connectivity index (χ2n) is 4.26. The summed E-state index contributed by atoms with van der Waals surface area (Å²) >= 11 is 0. The van der Waals surface area contributed by atoms with E-state index in [9.17, 15) is 0 Å². The first-order valence-electron chi connectivity index (χ1n) is 5.97. The fourth-order valence-electron chi connectivity index (χ4n) is 2.36. The first-order valence-corrected chi connectivity index (χ1v) is 5.97. The normalized spacial score (nSPS) is 13.8. The van der Waals surface area contributed by atoms with Crippen molar-refractivity contribution in [2.75, 3.05) is 11.4 Å². The van der Waals surface area contributed by atoms with E-state index in [4.69, 9.17) is 5.26 Å². The van der Waals surface area contributed by atoms with Crippen LogP contribution in [0.15, 0.2) is 36.5 Å².